The number of hydrogen-bond acceptors (Lipinski definition) is 1. The van der Waals surface area contributed by atoms with Crippen LogP contribution in [0.25, 0.3) is 0 Å². The molecule has 0 N–H and O–H groups in total. The quantitative estimate of drug-likeness (QED) is 0.531. The van der Waals surface area contributed by atoms with Crippen molar-refractivity contribution in [2.24, 2.45) is 5.92 Å². The van der Waals surface area contributed by atoms with Gasteiger partial charge < -0.3 is 0 Å². The second-order valence-corrected chi connectivity index (χ2v) is 3.74. The highest BCUT2D eigenvalue weighted by molar-refractivity contribution is 4.79. The van der Waals surface area contributed by atoms with Gasteiger partial charge in [-0.15, -0.1) is 0 Å². The normalized spacial score (nSPS) is 40.9. The largest absolute Gasteiger partial charge is 0.274 e. The third-order valence-corrected chi connectivity index (χ3v) is 2.76. The number of rotatable bonds is 1. The Hall–Kier alpha value is -0.110. The number of likely N-dealkylation sites (tertiary alicyclic amines) is 1. The SMILES string of the molecule is CCC1CC(C)CC(F)N1C. The van der Waals surface area contributed by atoms with Crippen LogP contribution in [0.15, 0.2) is 0 Å². The highest BCUT2D eigenvalue weighted by Crippen LogP contribution is 2.28. The average molecular weight is 159 g/mol. The zero-order valence-corrected chi connectivity index (χ0v) is 7.68. The molecule has 3 unspecified atom stereocenters. The molecule has 0 aliphatic carbocycles. The Labute approximate surface area is 68.6 Å². The number of nitrogens with zero attached hydrogens (tertiary/aromatic N) is 1. The van der Waals surface area contributed by atoms with Gasteiger partial charge in [0.15, 0.2) is 6.30 Å². The molecule has 0 saturated carbocycles. The fourth-order valence-electron chi connectivity index (χ4n) is 1.91. The molecule has 1 saturated heterocycles. The summed E-state index contributed by atoms with van der Waals surface area (Å²) in [5.41, 5.74) is 0. The fourth-order valence-corrected chi connectivity index (χ4v) is 1.91. The van der Waals surface area contributed by atoms with Crippen LogP contribution in [0.1, 0.15) is 33.1 Å². The smallest absolute Gasteiger partial charge is 0.153 e. The van der Waals surface area contributed by atoms with Crippen molar-refractivity contribution in [3.8, 4) is 0 Å². The van der Waals surface area contributed by atoms with Crippen molar-refractivity contribution in [3.05, 3.63) is 0 Å². The summed E-state index contributed by atoms with van der Waals surface area (Å²) >= 11 is 0. The van der Waals surface area contributed by atoms with Gasteiger partial charge in [0, 0.05) is 6.04 Å². The topological polar surface area (TPSA) is 3.24 Å². The van der Waals surface area contributed by atoms with Crippen molar-refractivity contribution in [1.82, 2.24) is 4.90 Å². The molecule has 3 atom stereocenters. The molecular formula is C9H18FN. The van der Waals surface area contributed by atoms with Gasteiger partial charge >= 0.3 is 0 Å². The summed E-state index contributed by atoms with van der Waals surface area (Å²) in [6, 6.07) is 0.466. The minimum absolute atomic E-state index is 0.466. The first-order valence-electron chi connectivity index (χ1n) is 4.51. The third-order valence-electron chi connectivity index (χ3n) is 2.76. The average Bonchev–Trinajstić information content (AvgIpc) is 1.96. The number of alkyl halides is 1. The summed E-state index contributed by atoms with van der Waals surface area (Å²) in [6.07, 6.45) is 2.24. The molecule has 0 aromatic heterocycles. The Kier molecular flexibility index (Phi) is 2.88. The molecule has 1 fully saturated rings. The highest BCUT2D eigenvalue weighted by atomic mass is 19.1. The lowest BCUT2D eigenvalue weighted by Gasteiger charge is -2.37. The molecule has 0 spiro atoms. The Balaban J connectivity index is 2.51. The van der Waals surface area contributed by atoms with Crippen molar-refractivity contribution in [2.75, 3.05) is 7.05 Å². The lowest BCUT2D eigenvalue weighted by Crippen LogP contribution is -2.43. The minimum Gasteiger partial charge on any atom is -0.274 e. The van der Waals surface area contributed by atoms with Crippen LogP contribution in [0, 0.1) is 5.92 Å². The van der Waals surface area contributed by atoms with Crippen molar-refractivity contribution in [3.63, 3.8) is 0 Å². The van der Waals surface area contributed by atoms with Gasteiger partial charge in [-0.2, -0.15) is 0 Å². The van der Waals surface area contributed by atoms with Gasteiger partial charge in [-0.1, -0.05) is 13.8 Å². The van der Waals surface area contributed by atoms with Crippen molar-refractivity contribution in [2.45, 2.75) is 45.4 Å². The van der Waals surface area contributed by atoms with E-state index < -0.39 is 6.30 Å². The van der Waals surface area contributed by atoms with E-state index in [1.54, 1.807) is 0 Å². The molecule has 1 aliphatic heterocycles. The molecule has 1 nitrogen and oxygen atoms in total. The second kappa shape index (κ2) is 3.53. The Bertz CT molecular complexity index is 127. The maximum Gasteiger partial charge on any atom is 0.153 e. The highest BCUT2D eigenvalue weighted by Gasteiger charge is 2.29. The molecule has 1 heterocycles. The van der Waals surface area contributed by atoms with Gasteiger partial charge in [0.25, 0.3) is 0 Å². The maximum absolute atomic E-state index is 13.2. The monoisotopic (exact) mass is 159 g/mol. The first-order chi connectivity index (χ1) is 5.15. The Morgan fingerprint density at radius 3 is 2.64 bits per heavy atom. The van der Waals surface area contributed by atoms with E-state index in [0.717, 1.165) is 12.8 Å². The first kappa shape index (κ1) is 8.98. The molecule has 1 aliphatic rings. The summed E-state index contributed by atoms with van der Waals surface area (Å²) < 4.78 is 13.2. The van der Waals surface area contributed by atoms with E-state index in [2.05, 4.69) is 13.8 Å². The number of halogens is 1. The zero-order chi connectivity index (χ0) is 8.43. The molecule has 1 rings (SSSR count). The van der Waals surface area contributed by atoms with E-state index in [9.17, 15) is 4.39 Å². The van der Waals surface area contributed by atoms with Gasteiger partial charge in [-0.05, 0) is 32.2 Å². The van der Waals surface area contributed by atoms with Crippen LogP contribution in [-0.2, 0) is 0 Å². The van der Waals surface area contributed by atoms with E-state index in [1.165, 1.54) is 0 Å². The number of hydrogen-bond donors (Lipinski definition) is 0. The predicted octanol–water partition coefficient (Wildman–Crippen LogP) is 2.42. The predicted molar refractivity (Wildman–Crippen MR) is 45.1 cm³/mol. The third kappa shape index (κ3) is 1.92. The summed E-state index contributed by atoms with van der Waals surface area (Å²) in [6.45, 7) is 4.27. The lowest BCUT2D eigenvalue weighted by atomic mass is 9.91. The van der Waals surface area contributed by atoms with Crippen molar-refractivity contribution < 1.29 is 4.39 Å². The molecular weight excluding hydrogens is 141 g/mol. The van der Waals surface area contributed by atoms with Gasteiger partial charge in [-0.3, -0.25) is 4.90 Å². The van der Waals surface area contributed by atoms with Crippen LogP contribution >= 0.6 is 0 Å². The van der Waals surface area contributed by atoms with Gasteiger partial charge in [0.2, 0.25) is 0 Å². The fraction of sp³-hybridized carbons (Fsp3) is 1.00. The molecule has 0 aromatic carbocycles. The molecule has 0 amide bonds. The van der Waals surface area contributed by atoms with E-state index in [4.69, 9.17) is 0 Å². The summed E-state index contributed by atoms with van der Waals surface area (Å²) in [7, 11) is 1.89. The Morgan fingerprint density at radius 1 is 1.45 bits per heavy atom. The van der Waals surface area contributed by atoms with Crippen LogP contribution in [0.3, 0.4) is 0 Å². The van der Waals surface area contributed by atoms with Crippen molar-refractivity contribution in [1.29, 1.82) is 0 Å². The van der Waals surface area contributed by atoms with Gasteiger partial charge in [0.05, 0.1) is 0 Å². The minimum atomic E-state index is -0.705. The lowest BCUT2D eigenvalue weighted by molar-refractivity contribution is 0.00162. The molecule has 11 heavy (non-hydrogen) atoms. The molecule has 0 bridgehead atoms. The molecule has 0 aromatic rings. The van der Waals surface area contributed by atoms with E-state index in [-0.39, 0.29) is 0 Å². The molecule has 2 heteroatoms. The zero-order valence-electron chi connectivity index (χ0n) is 7.68. The van der Waals surface area contributed by atoms with Crippen LogP contribution < -0.4 is 0 Å². The van der Waals surface area contributed by atoms with E-state index in [0.29, 0.717) is 18.4 Å². The second-order valence-electron chi connectivity index (χ2n) is 3.74. The van der Waals surface area contributed by atoms with Crippen LogP contribution in [0.4, 0.5) is 4.39 Å². The van der Waals surface area contributed by atoms with E-state index >= 15 is 0 Å². The van der Waals surface area contributed by atoms with Crippen LogP contribution in [0.2, 0.25) is 0 Å². The molecule has 66 valence electrons. The first-order valence-corrected chi connectivity index (χ1v) is 4.51. The number of piperidine rings is 1. The summed E-state index contributed by atoms with van der Waals surface area (Å²) in [4.78, 5) is 1.88. The maximum atomic E-state index is 13.2. The van der Waals surface area contributed by atoms with E-state index in [1.807, 2.05) is 11.9 Å². The standard InChI is InChI=1S/C9H18FN/c1-4-8-5-7(2)6-9(10)11(8)3/h7-9H,4-6H2,1-3H3. The summed E-state index contributed by atoms with van der Waals surface area (Å²) in [5.74, 6) is 0.561. The van der Waals surface area contributed by atoms with Gasteiger partial charge in [0.1, 0.15) is 0 Å². The van der Waals surface area contributed by atoms with Crippen LogP contribution in [-0.4, -0.2) is 24.3 Å². The van der Waals surface area contributed by atoms with Crippen molar-refractivity contribution >= 4 is 0 Å². The Morgan fingerprint density at radius 2 is 2.09 bits per heavy atom. The van der Waals surface area contributed by atoms with Crippen LogP contribution in [0.5, 0.6) is 0 Å². The van der Waals surface area contributed by atoms with Gasteiger partial charge in [-0.25, -0.2) is 4.39 Å². The summed E-state index contributed by atoms with van der Waals surface area (Å²) in [5, 5.41) is 0. The molecule has 0 radical (unpaired) electrons.